The number of nitrogens with zero attached hydrogens (tertiary/aromatic N) is 12. The fourth-order valence-electron chi connectivity index (χ4n) is 5.41. The molecule has 0 bridgehead atoms. The van der Waals surface area contributed by atoms with Crippen molar-refractivity contribution in [3.8, 4) is 0 Å². The third-order valence-electron chi connectivity index (χ3n) is 7.06. The third-order valence-corrected chi connectivity index (χ3v) is 7.06. The van der Waals surface area contributed by atoms with Gasteiger partial charge in [-0.05, 0) is 39.6 Å². The maximum absolute atomic E-state index is 11.5. The van der Waals surface area contributed by atoms with Gasteiger partial charge in [-0.2, -0.15) is 19.9 Å². The van der Waals surface area contributed by atoms with Crippen LogP contribution in [0.1, 0.15) is 0 Å². The lowest BCUT2D eigenvalue weighted by atomic mass is 9.91. The molecule has 8 aromatic rings. The molecule has 0 fully saturated rings. The largest absolute Gasteiger partial charge is 0.465 e. The number of rotatable bonds is 4. The number of hydrogen-bond donors (Lipinski definition) is 0. The molecule has 4 heterocycles. The van der Waals surface area contributed by atoms with E-state index < -0.39 is 43.0 Å². The lowest BCUT2D eigenvalue weighted by Gasteiger charge is -2.14. The minimum Gasteiger partial charge on any atom is -0.358 e. The van der Waals surface area contributed by atoms with Gasteiger partial charge in [-0.15, -0.1) is 0 Å². The molecular formula is C24H6N12O8. The van der Waals surface area contributed by atoms with Gasteiger partial charge in [0.1, 0.15) is 22.1 Å². The van der Waals surface area contributed by atoms with Gasteiger partial charge in [-0.25, -0.2) is 0 Å². The Morgan fingerprint density at radius 2 is 0.614 bits per heavy atom. The Morgan fingerprint density at radius 1 is 0.386 bits per heavy atom. The van der Waals surface area contributed by atoms with E-state index in [1.165, 1.54) is 0 Å². The molecule has 0 aliphatic carbocycles. The van der Waals surface area contributed by atoms with Crippen molar-refractivity contribution >= 4 is 100 Å². The normalized spacial score (nSPS) is 11.9. The Morgan fingerprint density at radius 3 is 0.818 bits per heavy atom. The monoisotopic (exact) mass is 590 g/mol. The van der Waals surface area contributed by atoms with Crippen molar-refractivity contribution < 1.29 is 19.7 Å². The molecule has 0 radical (unpaired) electrons. The molecule has 0 unspecified atom stereocenters. The summed E-state index contributed by atoms with van der Waals surface area (Å²) >= 11 is 0. The molecule has 8 rings (SSSR count). The molecule has 0 aliphatic heterocycles. The zero-order valence-corrected chi connectivity index (χ0v) is 21.1. The molecule has 210 valence electrons. The van der Waals surface area contributed by atoms with Gasteiger partial charge in [0.25, 0.3) is 0 Å². The summed E-state index contributed by atoms with van der Waals surface area (Å²) in [7, 11) is 0. The third kappa shape index (κ3) is 3.14. The number of benzene rings is 4. The van der Waals surface area contributed by atoms with E-state index in [2.05, 4.69) is 39.9 Å². The van der Waals surface area contributed by atoms with Crippen molar-refractivity contribution in [3.63, 3.8) is 0 Å². The minimum atomic E-state index is -1.09. The predicted octanol–water partition coefficient (Wildman–Crippen LogP) is 3.99. The van der Waals surface area contributed by atoms with Crippen LogP contribution in [0.15, 0.2) is 36.4 Å². The van der Waals surface area contributed by atoms with Crippen molar-refractivity contribution in [1.82, 2.24) is 39.9 Å². The summed E-state index contributed by atoms with van der Waals surface area (Å²) in [6.07, 6.45) is 0. The first-order valence-corrected chi connectivity index (χ1v) is 12.2. The van der Waals surface area contributed by atoms with E-state index in [-0.39, 0.29) is 44.7 Å². The van der Waals surface area contributed by atoms with Crippen LogP contribution in [0.4, 0.5) is 23.3 Å². The van der Waals surface area contributed by atoms with Gasteiger partial charge < -0.3 is 40.5 Å². The maximum Gasteiger partial charge on any atom is 0.465 e. The molecule has 20 nitrogen and oxygen atoms in total. The van der Waals surface area contributed by atoms with E-state index in [0.29, 0.717) is 32.3 Å². The number of fused-ring (bicyclic) bond motifs is 8. The van der Waals surface area contributed by atoms with Crippen LogP contribution in [-0.4, -0.2) is 59.6 Å². The van der Waals surface area contributed by atoms with Crippen LogP contribution >= 0.6 is 0 Å². The van der Waals surface area contributed by atoms with Crippen LogP contribution in [0.3, 0.4) is 0 Å². The van der Waals surface area contributed by atoms with Gasteiger partial charge in [-0.1, -0.05) is 36.4 Å². The van der Waals surface area contributed by atoms with E-state index >= 15 is 0 Å². The molecule has 0 amide bonds. The molecule has 0 aliphatic rings. The molecule has 0 saturated carbocycles. The van der Waals surface area contributed by atoms with E-state index in [1.807, 2.05) is 0 Å². The van der Waals surface area contributed by atoms with Gasteiger partial charge >= 0.3 is 45.9 Å². The number of hydrogen-bond acceptors (Lipinski definition) is 16. The summed E-state index contributed by atoms with van der Waals surface area (Å²) in [4.78, 5) is 75.0. The zero-order valence-electron chi connectivity index (χ0n) is 21.1. The zero-order chi connectivity index (χ0) is 30.6. The second-order valence-corrected chi connectivity index (χ2v) is 9.36. The van der Waals surface area contributed by atoms with Gasteiger partial charge in [0, 0.05) is 32.3 Å². The van der Waals surface area contributed by atoms with E-state index in [0.717, 1.165) is 0 Å². The standard InChI is InChI=1S/C24H6N12O8/c37-33(38)21-23(35(41)42)31-19-17(29-21)25-13-7-3-1-4-8-11(7)12-9(15(13)27-19)5-2-6-10(12)16-14(8)26-18-20(28-16)32-24(36(43)44)22(30-18)34(39)40/h1-6H. The van der Waals surface area contributed by atoms with Crippen molar-refractivity contribution in [2.45, 2.75) is 0 Å². The van der Waals surface area contributed by atoms with Crippen LogP contribution in [0.2, 0.25) is 0 Å². The predicted molar refractivity (Wildman–Crippen MR) is 149 cm³/mol. The lowest BCUT2D eigenvalue weighted by molar-refractivity contribution is -0.428. The molecule has 4 aromatic heterocycles. The highest BCUT2D eigenvalue weighted by atomic mass is 16.6. The van der Waals surface area contributed by atoms with Crippen LogP contribution < -0.4 is 0 Å². The fraction of sp³-hybridized carbons (Fsp3) is 0. The Balaban J connectivity index is 1.57. The molecule has 44 heavy (non-hydrogen) atoms. The average Bonchev–Trinajstić information content (AvgIpc) is 3.01. The van der Waals surface area contributed by atoms with Crippen LogP contribution in [0.25, 0.3) is 77.0 Å². The quantitative estimate of drug-likeness (QED) is 0.121. The first-order valence-electron chi connectivity index (χ1n) is 12.2. The lowest BCUT2D eigenvalue weighted by Crippen LogP contribution is -2.05. The first-order chi connectivity index (χ1) is 21.1. The number of nitro groups is 4. The van der Waals surface area contributed by atoms with Crippen molar-refractivity contribution in [2.75, 3.05) is 0 Å². The summed E-state index contributed by atoms with van der Waals surface area (Å²) in [6.45, 7) is 0. The Kier molecular flexibility index (Phi) is 4.61. The van der Waals surface area contributed by atoms with E-state index in [9.17, 15) is 40.5 Å². The topological polar surface area (TPSA) is 276 Å². The molecule has 0 spiro atoms. The van der Waals surface area contributed by atoms with Gasteiger partial charge in [0.05, 0.1) is 0 Å². The first kappa shape index (κ1) is 24.7. The van der Waals surface area contributed by atoms with Crippen molar-refractivity contribution in [3.05, 3.63) is 76.9 Å². The van der Waals surface area contributed by atoms with E-state index in [4.69, 9.17) is 0 Å². The maximum atomic E-state index is 11.5. The molecule has 0 N–H and O–H groups in total. The summed E-state index contributed by atoms with van der Waals surface area (Å²) in [5.41, 5.74) is -0.0958. The summed E-state index contributed by atoms with van der Waals surface area (Å²) in [5, 5.41) is 49.3. The smallest absolute Gasteiger partial charge is 0.358 e. The molecule has 0 saturated heterocycles. The van der Waals surface area contributed by atoms with Crippen molar-refractivity contribution in [2.24, 2.45) is 0 Å². The average molecular weight is 590 g/mol. The highest BCUT2D eigenvalue weighted by Crippen LogP contribution is 2.43. The van der Waals surface area contributed by atoms with Gasteiger partial charge in [0.15, 0.2) is 0 Å². The Labute approximate surface area is 237 Å². The fourth-order valence-corrected chi connectivity index (χ4v) is 5.41. The molecule has 20 heteroatoms. The van der Waals surface area contributed by atoms with E-state index in [1.54, 1.807) is 36.4 Å². The minimum absolute atomic E-state index is 0.264. The summed E-state index contributed by atoms with van der Waals surface area (Å²) in [5.74, 6) is -4.34. The summed E-state index contributed by atoms with van der Waals surface area (Å²) in [6, 6.07) is 10.2. The second-order valence-electron chi connectivity index (χ2n) is 9.36. The summed E-state index contributed by atoms with van der Waals surface area (Å²) < 4.78 is 0. The highest BCUT2D eigenvalue weighted by Gasteiger charge is 2.34. The van der Waals surface area contributed by atoms with Crippen LogP contribution in [-0.2, 0) is 0 Å². The highest BCUT2D eigenvalue weighted by molar-refractivity contribution is 6.38. The van der Waals surface area contributed by atoms with Gasteiger partial charge in [-0.3, -0.25) is 0 Å². The molecule has 0 atom stereocenters. The molecular weight excluding hydrogens is 584 g/mol. The number of aromatic nitrogens is 8. The van der Waals surface area contributed by atoms with Crippen LogP contribution in [0, 0.1) is 40.5 Å². The van der Waals surface area contributed by atoms with Crippen LogP contribution in [0.5, 0.6) is 0 Å². The Hall–Kier alpha value is -7.12. The second kappa shape index (κ2) is 8.22. The van der Waals surface area contributed by atoms with Gasteiger partial charge in [0.2, 0.25) is 0 Å². The molecule has 4 aromatic carbocycles. The Bertz CT molecular complexity index is 2340. The van der Waals surface area contributed by atoms with Crippen molar-refractivity contribution in [1.29, 1.82) is 0 Å². The SMILES string of the molecule is O=[N+]([O-])c1nc2nc3c4cccc5c6nc7nc([N+](=O)[O-])c([N+](=O)[O-])nc7nc6c6cccc(c3nc2nc1[N+](=O)[O-])c6c45.